The number of aryl methyl sites for hydroxylation is 1. The number of nitrogens with one attached hydrogen (secondary N) is 1. The molecule has 0 heterocycles. The van der Waals surface area contributed by atoms with E-state index in [4.69, 9.17) is 0 Å². The van der Waals surface area contributed by atoms with Crippen molar-refractivity contribution in [1.82, 2.24) is 5.32 Å². The quantitative estimate of drug-likeness (QED) is 0.522. The average molecular weight is 282 g/mol. The second-order valence-electron chi connectivity index (χ2n) is 5.12. The van der Waals surface area contributed by atoms with Crippen molar-refractivity contribution in [2.24, 2.45) is 0 Å². The van der Waals surface area contributed by atoms with Gasteiger partial charge in [0, 0.05) is 17.7 Å². The zero-order valence-corrected chi connectivity index (χ0v) is 12.1. The highest BCUT2D eigenvalue weighted by Crippen LogP contribution is 2.25. The molecule has 0 radical (unpaired) electrons. The Morgan fingerprint density at radius 1 is 1.40 bits per heavy atom. The van der Waals surface area contributed by atoms with E-state index in [2.05, 4.69) is 5.32 Å². The molecule has 1 aromatic rings. The molecule has 0 saturated carbocycles. The monoisotopic (exact) mass is 282 g/mol. The Hall–Kier alpha value is -1.50. The topological polar surface area (TPSA) is 95.6 Å². The molecule has 0 amide bonds. The van der Waals surface area contributed by atoms with Gasteiger partial charge in [0.2, 0.25) is 0 Å². The molecule has 1 unspecified atom stereocenters. The molecule has 6 nitrogen and oxygen atoms in total. The van der Waals surface area contributed by atoms with E-state index in [-0.39, 0.29) is 24.9 Å². The molecule has 0 fully saturated rings. The smallest absolute Gasteiger partial charge is 0.272 e. The van der Waals surface area contributed by atoms with Gasteiger partial charge in [-0.05, 0) is 25.8 Å². The van der Waals surface area contributed by atoms with Crippen molar-refractivity contribution < 1.29 is 15.1 Å². The Bertz CT molecular complexity index is 464. The highest BCUT2D eigenvalue weighted by atomic mass is 16.6. The summed E-state index contributed by atoms with van der Waals surface area (Å²) >= 11 is 0. The maximum absolute atomic E-state index is 11.0. The average Bonchev–Trinajstić information content (AvgIpc) is 2.45. The summed E-state index contributed by atoms with van der Waals surface area (Å²) < 4.78 is 0. The Balaban J connectivity index is 3.00. The SMILES string of the molecule is CCC(CO)(CO)NC(C)c1ccc(C)c([N+](=O)[O-])c1. The lowest BCUT2D eigenvalue weighted by molar-refractivity contribution is -0.385. The first-order valence-corrected chi connectivity index (χ1v) is 6.63. The van der Waals surface area contributed by atoms with E-state index >= 15 is 0 Å². The van der Waals surface area contributed by atoms with Gasteiger partial charge in [-0.3, -0.25) is 10.1 Å². The highest BCUT2D eigenvalue weighted by Gasteiger charge is 2.28. The van der Waals surface area contributed by atoms with Gasteiger partial charge in [-0.25, -0.2) is 0 Å². The van der Waals surface area contributed by atoms with E-state index in [1.807, 2.05) is 19.9 Å². The van der Waals surface area contributed by atoms with Crippen LogP contribution in [0.1, 0.15) is 37.4 Å². The lowest BCUT2D eigenvalue weighted by atomic mass is 9.95. The molecule has 20 heavy (non-hydrogen) atoms. The first-order chi connectivity index (χ1) is 9.39. The summed E-state index contributed by atoms with van der Waals surface area (Å²) in [4.78, 5) is 10.5. The van der Waals surface area contributed by atoms with E-state index in [1.165, 1.54) is 6.07 Å². The van der Waals surface area contributed by atoms with Crippen LogP contribution < -0.4 is 5.32 Å². The summed E-state index contributed by atoms with van der Waals surface area (Å²) in [6.45, 7) is 5.02. The lowest BCUT2D eigenvalue weighted by Gasteiger charge is -2.33. The maximum atomic E-state index is 11.0. The Morgan fingerprint density at radius 2 is 2.00 bits per heavy atom. The fourth-order valence-corrected chi connectivity index (χ4v) is 2.10. The third-order valence-corrected chi connectivity index (χ3v) is 3.73. The largest absolute Gasteiger partial charge is 0.394 e. The number of hydrogen-bond donors (Lipinski definition) is 3. The predicted octanol–water partition coefficient (Wildman–Crippen LogP) is 1.69. The normalized spacial score (nSPS) is 13.2. The third-order valence-electron chi connectivity index (χ3n) is 3.73. The zero-order valence-electron chi connectivity index (χ0n) is 12.1. The number of nitro benzene ring substituents is 1. The Kier molecular flexibility index (Phi) is 5.62. The van der Waals surface area contributed by atoms with Crippen LogP contribution >= 0.6 is 0 Å². The van der Waals surface area contributed by atoms with E-state index < -0.39 is 10.5 Å². The number of benzene rings is 1. The molecule has 0 spiro atoms. The van der Waals surface area contributed by atoms with Crippen molar-refractivity contribution in [1.29, 1.82) is 0 Å². The van der Waals surface area contributed by atoms with Gasteiger partial charge in [0.25, 0.3) is 5.69 Å². The van der Waals surface area contributed by atoms with Crippen LogP contribution in [-0.4, -0.2) is 33.9 Å². The minimum Gasteiger partial charge on any atom is -0.394 e. The van der Waals surface area contributed by atoms with Gasteiger partial charge >= 0.3 is 0 Å². The molecule has 0 aliphatic rings. The summed E-state index contributed by atoms with van der Waals surface area (Å²) in [6.07, 6.45) is 0.554. The van der Waals surface area contributed by atoms with Crippen LogP contribution in [0.15, 0.2) is 18.2 Å². The third kappa shape index (κ3) is 3.53. The van der Waals surface area contributed by atoms with Gasteiger partial charge < -0.3 is 15.5 Å². The van der Waals surface area contributed by atoms with Gasteiger partial charge in [0.1, 0.15) is 0 Å². The van der Waals surface area contributed by atoms with Crippen molar-refractivity contribution in [3.05, 3.63) is 39.4 Å². The molecule has 112 valence electrons. The van der Waals surface area contributed by atoms with Crippen LogP contribution in [0.2, 0.25) is 0 Å². The molecule has 0 saturated heterocycles. The highest BCUT2D eigenvalue weighted by molar-refractivity contribution is 5.43. The first kappa shape index (κ1) is 16.6. The number of nitrogens with zero attached hydrogens (tertiary/aromatic N) is 1. The van der Waals surface area contributed by atoms with Gasteiger partial charge in [0.05, 0.1) is 23.7 Å². The minimum atomic E-state index is -0.779. The van der Waals surface area contributed by atoms with Crippen molar-refractivity contribution in [2.45, 2.75) is 38.8 Å². The number of nitro groups is 1. The molecule has 0 bridgehead atoms. The first-order valence-electron chi connectivity index (χ1n) is 6.63. The van der Waals surface area contributed by atoms with Crippen molar-refractivity contribution in [2.75, 3.05) is 13.2 Å². The van der Waals surface area contributed by atoms with E-state index in [9.17, 15) is 20.3 Å². The predicted molar refractivity (Wildman–Crippen MR) is 76.6 cm³/mol. The summed E-state index contributed by atoms with van der Waals surface area (Å²) in [5.41, 5.74) is 0.657. The summed E-state index contributed by atoms with van der Waals surface area (Å²) in [7, 11) is 0. The van der Waals surface area contributed by atoms with Crippen LogP contribution in [0, 0.1) is 17.0 Å². The number of aliphatic hydroxyl groups is 2. The summed E-state index contributed by atoms with van der Waals surface area (Å²) in [5, 5.41) is 33.0. The molecule has 3 N–H and O–H groups in total. The molecule has 6 heteroatoms. The van der Waals surface area contributed by atoms with Gasteiger partial charge in [-0.1, -0.05) is 19.1 Å². The van der Waals surface area contributed by atoms with Crippen molar-refractivity contribution in [3.63, 3.8) is 0 Å². The molecule has 0 aliphatic carbocycles. The van der Waals surface area contributed by atoms with E-state index in [0.717, 1.165) is 5.56 Å². The maximum Gasteiger partial charge on any atom is 0.272 e. The minimum absolute atomic E-state index is 0.0752. The molecule has 1 atom stereocenters. The van der Waals surface area contributed by atoms with E-state index in [0.29, 0.717) is 12.0 Å². The van der Waals surface area contributed by atoms with Gasteiger partial charge in [-0.15, -0.1) is 0 Å². The number of rotatable bonds is 7. The standard InChI is InChI=1S/C14H22N2O4/c1-4-14(8-17,9-18)15-11(3)12-6-5-10(2)13(7-12)16(19)20/h5-7,11,15,17-18H,4,8-9H2,1-3H3. The molecule has 0 aromatic heterocycles. The van der Waals surface area contributed by atoms with Crippen LogP contribution in [0.3, 0.4) is 0 Å². The second-order valence-corrected chi connectivity index (χ2v) is 5.12. The number of hydrogen-bond acceptors (Lipinski definition) is 5. The van der Waals surface area contributed by atoms with Crippen molar-refractivity contribution >= 4 is 5.69 Å². The summed E-state index contributed by atoms with van der Waals surface area (Å²) in [6, 6.07) is 4.84. The van der Waals surface area contributed by atoms with Crippen molar-refractivity contribution in [3.8, 4) is 0 Å². The molecule has 1 aromatic carbocycles. The van der Waals surface area contributed by atoms with Crippen LogP contribution in [0.4, 0.5) is 5.69 Å². The van der Waals surface area contributed by atoms with Gasteiger partial charge in [-0.2, -0.15) is 0 Å². The molecular weight excluding hydrogens is 260 g/mol. The molecular formula is C14H22N2O4. The Labute approximate surface area is 118 Å². The van der Waals surface area contributed by atoms with Crippen LogP contribution in [0.25, 0.3) is 0 Å². The Morgan fingerprint density at radius 3 is 2.45 bits per heavy atom. The van der Waals surface area contributed by atoms with E-state index in [1.54, 1.807) is 13.0 Å². The lowest BCUT2D eigenvalue weighted by Crippen LogP contribution is -2.52. The second kappa shape index (κ2) is 6.78. The van der Waals surface area contributed by atoms with Crippen LogP contribution in [-0.2, 0) is 0 Å². The van der Waals surface area contributed by atoms with Crippen LogP contribution in [0.5, 0.6) is 0 Å². The summed E-state index contributed by atoms with van der Waals surface area (Å²) in [5.74, 6) is 0. The van der Waals surface area contributed by atoms with Gasteiger partial charge in [0.15, 0.2) is 0 Å². The fourth-order valence-electron chi connectivity index (χ4n) is 2.10. The molecule has 0 aliphatic heterocycles. The number of aliphatic hydroxyl groups excluding tert-OH is 2. The fraction of sp³-hybridized carbons (Fsp3) is 0.571. The molecule has 1 rings (SSSR count). The zero-order chi connectivity index (χ0) is 15.3.